The third-order valence-electron chi connectivity index (χ3n) is 2.98. The van der Waals surface area contributed by atoms with E-state index in [-0.39, 0.29) is 6.10 Å². The molecule has 0 amide bonds. The summed E-state index contributed by atoms with van der Waals surface area (Å²) in [5.41, 5.74) is 0.943. The van der Waals surface area contributed by atoms with E-state index < -0.39 is 0 Å². The summed E-state index contributed by atoms with van der Waals surface area (Å²) in [6.45, 7) is 8.45. The van der Waals surface area contributed by atoms with E-state index in [9.17, 15) is 0 Å². The van der Waals surface area contributed by atoms with Gasteiger partial charge in [0.2, 0.25) is 5.95 Å². The third-order valence-corrected chi connectivity index (χ3v) is 2.98. The summed E-state index contributed by atoms with van der Waals surface area (Å²) >= 11 is 0. The molecule has 1 heterocycles. The molecule has 0 atom stereocenters. The first kappa shape index (κ1) is 15.5. The topological polar surface area (TPSA) is 59.1 Å². The summed E-state index contributed by atoms with van der Waals surface area (Å²) in [5, 5.41) is 7.62. The molecule has 5 heteroatoms. The van der Waals surface area contributed by atoms with Gasteiger partial charge in [0.25, 0.3) is 0 Å². The Morgan fingerprint density at radius 1 is 1.10 bits per heavy atom. The molecule has 0 saturated heterocycles. The van der Waals surface area contributed by atoms with Crippen LogP contribution >= 0.6 is 0 Å². The van der Waals surface area contributed by atoms with Crippen molar-refractivity contribution in [3.05, 3.63) is 24.3 Å². The molecule has 1 aromatic heterocycles. The van der Waals surface area contributed by atoms with E-state index in [4.69, 9.17) is 4.74 Å². The first-order valence-corrected chi connectivity index (χ1v) is 7.57. The lowest BCUT2D eigenvalue weighted by Gasteiger charge is -2.12. The van der Waals surface area contributed by atoms with Crippen LogP contribution in [0.5, 0.6) is 0 Å². The standard InChI is InChI=1S/C16H24N4O/c1-4-9-18-16-19-14-8-6-5-7-13(14)15(20-16)17-10-11-21-12(2)3/h5-8,12H,4,9-11H2,1-3H3,(H2,17,18,19,20). The summed E-state index contributed by atoms with van der Waals surface area (Å²) in [6, 6.07) is 8.03. The average molecular weight is 288 g/mol. The molecule has 1 aromatic carbocycles. The normalized spacial score (nSPS) is 11.0. The van der Waals surface area contributed by atoms with Gasteiger partial charge in [0.15, 0.2) is 0 Å². The summed E-state index contributed by atoms with van der Waals surface area (Å²) in [7, 11) is 0. The molecule has 0 bridgehead atoms. The first-order chi connectivity index (χ1) is 10.2. The lowest BCUT2D eigenvalue weighted by atomic mass is 10.2. The van der Waals surface area contributed by atoms with Gasteiger partial charge in [0.1, 0.15) is 5.82 Å². The largest absolute Gasteiger partial charge is 0.377 e. The maximum absolute atomic E-state index is 5.55. The van der Waals surface area contributed by atoms with Crippen LogP contribution in [0.4, 0.5) is 11.8 Å². The van der Waals surface area contributed by atoms with Crippen LogP contribution in [0.1, 0.15) is 27.2 Å². The van der Waals surface area contributed by atoms with Crippen molar-refractivity contribution >= 4 is 22.7 Å². The van der Waals surface area contributed by atoms with Crippen LogP contribution in [-0.2, 0) is 4.74 Å². The lowest BCUT2D eigenvalue weighted by molar-refractivity contribution is 0.0870. The van der Waals surface area contributed by atoms with Gasteiger partial charge in [-0.2, -0.15) is 4.98 Å². The van der Waals surface area contributed by atoms with Crippen LogP contribution in [0, 0.1) is 0 Å². The minimum atomic E-state index is 0.246. The Morgan fingerprint density at radius 2 is 1.90 bits per heavy atom. The summed E-state index contributed by atoms with van der Waals surface area (Å²) in [4.78, 5) is 9.10. The molecule has 0 spiro atoms. The second-order valence-corrected chi connectivity index (χ2v) is 5.19. The molecule has 21 heavy (non-hydrogen) atoms. The molecule has 2 N–H and O–H groups in total. The predicted octanol–water partition coefficient (Wildman–Crippen LogP) is 3.29. The quantitative estimate of drug-likeness (QED) is 0.730. The minimum absolute atomic E-state index is 0.246. The van der Waals surface area contributed by atoms with Gasteiger partial charge in [-0.3, -0.25) is 0 Å². The van der Waals surface area contributed by atoms with Gasteiger partial charge >= 0.3 is 0 Å². The maximum atomic E-state index is 5.55. The number of nitrogens with zero attached hydrogens (tertiary/aromatic N) is 2. The van der Waals surface area contributed by atoms with Crippen molar-refractivity contribution in [3.63, 3.8) is 0 Å². The first-order valence-electron chi connectivity index (χ1n) is 7.57. The van der Waals surface area contributed by atoms with Crippen molar-refractivity contribution in [3.8, 4) is 0 Å². The Bertz CT molecular complexity index is 571. The molecule has 0 fully saturated rings. The van der Waals surface area contributed by atoms with Crippen LogP contribution < -0.4 is 10.6 Å². The molecule has 0 radical (unpaired) electrons. The molecule has 0 aliphatic carbocycles. The van der Waals surface area contributed by atoms with E-state index in [2.05, 4.69) is 27.5 Å². The highest BCUT2D eigenvalue weighted by Gasteiger charge is 2.06. The van der Waals surface area contributed by atoms with Crippen LogP contribution in [0.2, 0.25) is 0 Å². The van der Waals surface area contributed by atoms with E-state index in [1.807, 2.05) is 38.1 Å². The number of ether oxygens (including phenoxy) is 1. The predicted molar refractivity (Wildman–Crippen MR) is 87.9 cm³/mol. The summed E-state index contributed by atoms with van der Waals surface area (Å²) in [6.07, 6.45) is 1.29. The number of hydrogen-bond donors (Lipinski definition) is 2. The van der Waals surface area contributed by atoms with Gasteiger partial charge in [-0.1, -0.05) is 19.1 Å². The molecule has 0 aliphatic rings. The number of rotatable bonds is 8. The monoisotopic (exact) mass is 288 g/mol. The molecule has 5 nitrogen and oxygen atoms in total. The van der Waals surface area contributed by atoms with Crippen molar-refractivity contribution in [2.45, 2.75) is 33.3 Å². The zero-order valence-electron chi connectivity index (χ0n) is 13.0. The van der Waals surface area contributed by atoms with Crippen LogP contribution in [-0.4, -0.2) is 35.8 Å². The van der Waals surface area contributed by atoms with Gasteiger partial charge in [-0.25, -0.2) is 4.98 Å². The second-order valence-electron chi connectivity index (χ2n) is 5.19. The Morgan fingerprint density at radius 3 is 2.67 bits per heavy atom. The number of benzene rings is 1. The van der Waals surface area contributed by atoms with E-state index in [1.165, 1.54) is 0 Å². The molecule has 114 valence electrons. The number of anilines is 2. The molecule has 0 aliphatic heterocycles. The fourth-order valence-corrected chi connectivity index (χ4v) is 1.99. The molecule has 2 aromatic rings. The van der Waals surface area contributed by atoms with Crippen molar-refractivity contribution in [2.24, 2.45) is 0 Å². The van der Waals surface area contributed by atoms with E-state index >= 15 is 0 Å². The number of nitrogens with one attached hydrogen (secondary N) is 2. The van der Waals surface area contributed by atoms with E-state index in [0.717, 1.165) is 36.2 Å². The van der Waals surface area contributed by atoms with E-state index in [1.54, 1.807) is 0 Å². The van der Waals surface area contributed by atoms with Gasteiger partial charge in [-0.05, 0) is 32.4 Å². The maximum Gasteiger partial charge on any atom is 0.225 e. The highest BCUT2D eigenvalue weighted by Crippen LogP contribution is 2.21. The smallest absolute Gasteiger partial charge is 0.225 e. The fourth-order valence-electron chi connectivity index (χ4n) is 1.99. The average Bonchev–Trinajstić information content (AvgIpc) is 2.49. The number of fused-ring (bicyclic) bond motifs is 1. The van der Waals surface area contributed by atoms with Crippen molar-refractivity contribution in [1.29, 1.82) is 0 Å². The van der Waals surface area contributed by atoms with Crippen LogP contribution in [0.15, 0.2) is 24.3 Å². The molecule has 0 unspecified atom stereocenters. The highest BCUT2D eigenvalue weighted by atomic mass is 16.5. The van der Waals surface area contributed by atoms with Gasteiger partial charge in [0.05, 0.1) is 18.2 Å². The number of aromatic nitrogens is 2. The third kappa shape index (κ3) is 4.56. The minimum Gasteiger partial charge on any atom is -0.377 e. The van der Waals surface area contributed by atoms with Crippen molar-refractivity contribution in [2.75, 3.05) is 30.3 Å². The molecular formula is C16H24N4O. The van der Waals surface area contributed by atoms with Crippen molar-refractivity contribution < 1.29 is 4.74 Å². The zero-order valence-corrected chi connectivity index (χ0v) is 13.0. The highest BCUT2D eigenvalue weighted by molar-refractivity contribution is 5.89. The zero-order chi connectivity index (χ0) is 15.1. The Labute approximate surface area is 126 Å². The van der Waals surface area contributed by atoms with Gasteiger partial charge in [-0.15, -0.1) is 0 Å². The Kier molecular flexibility index (Phi) is 5.75. The fraction of sp³-hybridized carbons (Fsp3) is 0.500. The Hall–Kier alpha value is -1.88. The summed E-state index contributed by atoms with van der Waals surface area (Å²) in [5.74, 6) is 1.52. The number of hydrogen-bond acceptors (Lipinski definition) is 5. The molecular weight excluding hydrogens is 264 g/mol. The SMILES string of the molecule is CCCNc1nc(NCCOC(C)C)c2ccccc2n1. The number of para-hydroxylation sites is 1. The lowest BCUT2D eigenvalue weighted by Crippen LogP contribution is -2.15. The van der Waals surface area contributed by atoms with Crippen LogP contribution in [0.25, 0.3) is 10.9 Å². The van der Waals surface area contributed by atoms with Gasteiger partial charge < -0.3 is 15.4 Å². The molecule has 0 saturated carbocycles. The van der Waals surface area contributed by atoms with E-state index in [0.29, 0.717) is 12.6 Å². The second kappa shape index (κ2) is 7.78. The van der Waals surface area contributed by atoms with Crippen molar-refractivity contribution in [1.82, 2.24) is 9.97 Å². The van der Waals surface area contributed by atoms with Crippen LogP contribution in [0.3, 0.4) is 0 Å². The molecule has 2 rings (SSSR count). The Balaban J connectivity index is 2.14. The van der Waals surface area contributed by atoms with Gasteiger partial charge in [0, 0.05) is 18.5 Å². The summed E-state index contributed by atoms with van der Waals surface area (Å²) < 4.78 is 5.55.